The monoisotopic (exact) mass is 210 g/mol. The van der Waals surface area contributed by atoms with E-state index < -0.39 is 0 Å². The molecule has 1 amide bonds. The number of aliphatic hydroxyl groups is 1. The zero-order valence-electron chi connectivity index (χ0n) is 9.29. The van der Waals surface area contributed by atoms with E-state index in [1.807, 2.05) is 30.7 Å². The lowest BCUT2D eigenvalue weighted by Crippen LogP contribution is -2.26. The van der Waals surface area contributed by atoms with E-state index in [-0.39, 0.29) is 12.5 Å². The first-order chi connectivity index (χ1) is 7.16. The van der Waals surface area contributed by atoms with E-state index in [4.69, 9.17) is 5.11 Å². The van der Waals surface area contributed by atoms with Gasteiger partial charge >= 0.3 is 0 Å². The van der Waals surface area contributed by atoms with Crippen molar-refractivity contribution in [2.75, 3.05) is 13.2 Å². The molecule has 1 heterocycles. The topological polar surface area (TPSA) is 54.3 Å². The van der Waals surface area contributed by atoms with Gasteiger partial charge in [0.15, 0.2) is 0 Å². The maximum atomic E-state index is 11.6. The van der Waals surface area contributed by atoms with Crippen LogP contribution in [-0.2, 0) is 7.05 Å². The van der Waals surface area contributed by atoms with Gasteiger partial charge in [0.2, 0.25) is 0 Å². The fraction of sp³-hybridized carbons (Fsp3) is 0.545. The van der Waals surface area contributed by atoms with Crippen LogP contribution in [0.1, 0.15) is 29.0 Å². The van der Waals surface area contributed by atoms with Crippen LogP contribution in [-0.4, -0.2) is 28.7 Å². The number of hydrogen-bond acceptors (Lipinski definition) is 2. The number of rotatable bonds is 5. The largest absolute Gasteiger partial charge is 0.396 e. The van der Waals surface area contributed by atoms with Crippen LogP contribution in [0.2, 0.25) is 0 Å². The van der Waals surface area contributed by atoms with Crippen LogP contribution < -0.4 is 5.32 Å². The quantitative estimate of drug-likeness (QED) is 0.707. The molecule has 0 aliphatic rings. The molecule has 0 atom stereocenters. The Kier molecular flexibility index (Phi) is 4.37. The van der Waals surface area contributed by atoms with Gasteiger partial charge in [0.1, 0.15) is 5.69 Å². The summed E-state index contributed by atoms with van der Waals surface area (Å²) in [4.78, 5) is 11.6. The van der Waals surface area contributed by atoms with Gasteiger partial charge in [0.25, 0.3) is 5.91 Å². The third-order valence-electron chi connectivity index (χ3n) is 2.48. The number of carbonyl (C=O) groups is 1. The molecule has 0 aliphatic carbocycles. The van der Waals surface area contributed by atoms with Crippen molar-refractivity contribution in [3.05, 3.63) is 23.5 Å². The highest BCUT2D eigenvalue weighted by Gasteiger charge is 2.09. The average Bonchev–Trinajstić information content (AvgIpc) is 2.55. The average molecular weight is 210 g/mol. The first-order valence-electron chi connectivity index (χ1n) is 5.18. The SMILES string of the molecule is Cc1ccc(C(=O)NCCCCO)n1C. The Balaban J connectivity index is 2.44. The molecule has 0 saturated heterocycles. The molecule has 0 fully saturated rings. The Bertz CT molecular complexity index is 331. The summed E-state index contributed by atoms with van der Waals surface area (Å²) in [6.45, 7) is 2.76. The van der Waals surface area contributed by atoms with E-state index in [1.165, 1.54) is 0 Å². The minimum absolute atomic E-state index is 0.0523. The first-order valence-corrected chi connectivity index (χ1v) is 5.18. The molecule has 4 nitrogen and oxygen atoms in total. The number of hydrogen-bond donors (Lipinski definition) is 2. The Morgan fingerprint density at radius 1 is 1.47 bits per heavy atom. The molecule has 0 aliphatic heterocycles. The smallest absolute Gasteiger partial charge is 0.267 e. The molecule has 15 heavy (non-hydrogen) atoms. The van der Waals surface area contributed by atoms with Gasteiger partial charge in [0, 0.05) is 25.9 Å². The summed E-state index contributed by atoms with van der Waals surface area (Å²) in [6, 6.07) is 3.74. The second-order valence-corrected chi connectivity index (χ2v) is 3.61. The van der Waals surface area contributed by atoms with E-state index in [0.29, 0.717) is 12.2 Å². The molecular weight excluding hydrogens is 192 g/mol. The number of carbonyl (C=O) groups excluding carboxylic acids is 1. The van der Waals surface area contributed by atoms with Crippen molar-refractivity contribution in [3.8, 4) is 0 Å². The number of unbranched alkanes of at least 4 members (excludes halogenated alkanes) is 1. The molecular formula is C11H18N2O2. The predicted molar refractivity (Wildman–Crippen MR) is 58.8 cm³/mol. The summed E-state index contributed by atoms with van der Waals surface area (Å²) < 4.78 is 1.86. The van der Waals surface area contributed by atoms with Crippen LogP contribution in [0.4, 0.5) is 0 Å². The molecule has 0 spiro atoms. The third kappa shape index (κ3) is 3.09. The number of nitrogens with zero attached hydrogens (tertiary/aromatic N) is 1. The van der Waals surface area contributed by atoms with E-state index in [0.717, 1.165) is 18.5 Å². The minimum atomic E-state index is -0.0523. The minimum Gasteiger partial charge on any atom is -0.396 e. The van der Waals surface area contributed by atoms with Gasteiger partial charge in [-0.1, -0.05) is 0 Å². The number of amides is 1. The summed E-state index contributed by atoms with van der Waals surface area (Å²) in [7, 11) is 1.87. The van der Waals surface area contributed by atoms with E-state index >= 15 is 0 Å². The van der Waals surface area contributed by atoms with Gasteiger partial charge < -0.3 is 15.0 Å². The van der Waals surface area contributed by atoms with Crippen LogP contribution in [0.5, 0.6) is 0 Å². The third-order valence-corrected chi connectivity index (χ3v) is 2.48. The van der Waals surface area contributed by atoms with Gasteiger partial charge in [-0.25, -0.2) is 0 Å². The zero-order chi connectivity index (χ0) is 11.3. The fourth-order valence-electron chi connectivity index (χ4n) is 1.37. The van der Waals surface area contributed by atoms with E-state index in [1.54, 1.807) is 0 Å². The summed E-state index contributed by atoms with van der Waals surface area (Å²) in [5.74, 6) is -0.0523. The number of nitrogens with one attached hydrogen (secondary N) is 1. The second-order valence-electron chi connectivity index (χ2n) is 3.61. The summed E-state index contributed by atoms with van der Waals surface area (Å²) in [5.41, 5.74) is 1.74. The van der Waals surface area contributed by atoms with Crippen molar-refractivity contribution in [2.45, 2.75) is 19.8 Å². The van der Waals surface area contributed by atoms with Crippen LogP contribution in [0.3, 0.4) is 0 Å². The fourth-order valence-corrected chi connectivity index (χ4v) is 1.37. The van der Waals surface area contributed by atoms with Gasteiger partial charge in [-0.05, 0) is 31.9 Å². The number of aliphatic hydroxyl groups excluding tert-OH is 1. The van der Waals surface area contributed by atoms with Crippen molar-refractivity contribution >= 4 is 5.91 Å². The molecule has 0 radical (unpaired) electrons. The molecule has 1 aromatic heterocycles. The van der Waals surface area contributed by atoms with Crippen molar-refractivity contribution in [2.24, 2.45) is 7.05 Å². The lowest BCUT2D eigenvalue weighted by atomic mass is 10.3. The molecule has 84 valence electrons. The van der Waals surface area contributed by atoms with Crippen LogP contribution in [0, 0.1) is 6.92 Å². The van der Waals surface area contributed by atoms with Gasteiger partial charge in [-0.15, -0.1) is 0 Å². The zero-order valence-corrected chi connectivity index (χ0v) is 9.29. The summed E-state index contributed by atoms with van der Waals surface area (Å²) in [5, 5.41) is 11.4. The summed E-state index contributed by atoms with van der Waals surface area (Å²) in [6.07, 6.45) is 1.54. The lowest BCUT2D eigenvalue weighted by Gasteiger charge is -2.06. The molecule has 0 bridgehead atoms. The molecule has 0 saturated carbocycles. The maximum Gasteiger partial charge on any atom is 0.267 e. The Hall–Kier alpha value is -1.29. The molecule has 2 N–H and O–H groups in total. The predicted octanol–water partition coefficient (Wildman–Crippen LogP) is 0.836. The standard InChI is InChI=1S/C11H18N2O2/c1-9-5-6-10(13(9)2)11(15)12-7-3-4-8-14/h5-6,14H,3-4,7-8H2,1-2H3,(H,12,15). The molecule has 4 heteroatoms. The van der Waals surface area contributed by atoms with Crippen molar-refractivity contribution in [3.63, 3.8) is 0 Å². The van der Waals surface area contributed by atoms with Crippen LogP contribution >= 0.6 is 0 Å². The molecule has 0 aromatic carbocycles. The van der Waals surface area contributed by atoms with Crippen LogP contribution in [0.15, 0.2) is 12.1 Å². The van der Waals surface area contributed by atoms with E-state index in [2.05, 4.69) is 5.32 Å². The van der Waals surface area contributed by atoms with Gasteiger partial charge in [0.05, 0.1) is 0 Å². The van der Waals surface area contributed by atoms with Gasteiger partial charge in [-0.3, -0.25) is 4.79 Å². The van der Waals surface area contributed by atoms with Crippen LogP contribution in [0.25, 0.3) is 0 Å². The van der Waals surface area contributed by atoms with Crippen molar-refractivity contribution in [1.29, 1.82) is 0 Å². The van der Waals surface area contributed by atoms with Crippen molar-refractivity contribution < 1.29 is 9.90 Å². The highest BCUT2D eigenvalue weighted by atomic mass is 16.2. The van der Waals surface area contributed by atoms with Gasteiger partial charge in [-0.2, -0.15) is 0 Å². The highest BCUT2D eigenvalue weighted by molar-refractivity contribution is 5.92. The summed E-state index contributed by atoms with van der Waals surface area (Å²) >= 11 is 0. The lowest BCUT2D eigenvalue weighted by molar-refractivity contribution is 0.0943. The molecule has 1 aromatic rings. The highest BCUT2D eigenvalue weighted by Crippen LogP contribution is 2.05. The normalized spacial score (nSPS) is 10.3. The molecule has 0 unspecified atom stereocenters. The number of aryl methyl sites for hydroxylation is 1. The Labute approximate surface area is 89.9 Å². The maximum absolute atomic E-state index is 11.6. The Morgan fingerprint density at radius 3 is 2.73 bits per heavy atom. The number of aromatic nitrogens is 1. The van der Waals surface area contributed by atoms with Crippen molar-refractivity contribution in [1.82, 2.24) is 9.88 Å². The second kappa shape index (κ2) is 5.56. The first kappa shape index (κ1) is 11.8. The Morgan fingerprint density at radius 2 is 2.20 bits per heavy atom. The molecule has 1 rings (SSSR count). The van der Waals surface area contributed by atoms with E-state index in [9.17, 15) is 4.79 Å².